The monoisotopic (exact) mass is 535 g/mol. The Morgan fingerprint density at radius 3 is 2.50 bits per heavy atom. The molecule has 0 radical (unpaired) electrons. The molecule has 4 rings (SSSR count). The zero-order valence-electron chi connectivity index (χ0n) is 19.0. The zero-order valence-corrected chi connectivity index (χ0v) is 20.6. The van der Waals surface area contributed by atoms with Crippen molar-refractivity contribution < 1.29 is 21.6 Å². The van der Waals surface area contributed by atoms with Gasteiger partial charge in [-0.05, 0) is 84.6 Å². The van der Waals surface area contributed by atoms with Crippen molar-refractivity contribution in [1.82, 2.24) is 20.2 Å². The van der Waals surface area contributed by atoms with Crippen LogP contribution in [0.2, 0.25) is 5.02 Å². The summed E-state index contributed by atoms with van der Waals surface area (Å²) < 4.78 is 71.7. The van der Waals surface area contributed by atoms with E-state index in [1.54, 1.807) is 0 Å². The first-order valence-electron chi connectivity index (χ1n) is 10.9. The number of halogens is 4. The largest absolute Gasteiger partial charge is 0.264 e. The second-order valence-electron chi connectivity index (χ2n) is 7.98. The van der Waals surface area contributed by atoms with Gasteiger partial charge in [0.1, 0.15) is 5.82 Å². The van der Waals surface area contributed by atoms with Crippen molar-refractivity contribution in [1.29, 1.82) is 0 Å². The number of anilines is 1. The molecule has 188 valence electrons. The van der Waals surface area contributed by atoms with Crippen molar-refractivity contribution >= 4 is 27.3 Å². The Morgan fingerprint density at radius 2 is 1.81 bits per heavy atom. The molecule has 0 saturated heterocycles. The molecule has 0 bridgehead atoms. The van der Waals surface area contributed by atoms with Crippen LogP contribution in [0, 0.1) is 17.5 Å². The van der Waals surface area contributed by atoms with Crippen LogP contribution in [0.1, 0.15) is 30.5 Å². The highest BCUT2D eigenvalue weighted by molar-refractivity contribution is 7.92. The molecule has 7 nitrogen and oxygen atoms in total. The Bertz CT molecular complexity index is 1450. The van der Waals surface area contributed by atoms with Gasteiger partial charge in [-0.1, -0.05) is 23.7 Å². The maximum Gasteiger partial charge on any atom is 0.264 e. The molecule has 0 spiro atoms. The summed E-state index contributed by atoms with van der Waals surface area (Å²) in [7, 11) is -4.40. The highest BCUT2D eigenvalue weighted by Crippen LogP contribution is 2.37. The van der Waals surface area contributed by atoms with Crippen molar-refractivity contribution in [2.75, 3.05) is 4.31 Å². The van der Waals surface area contributed by atoms with Crippen LogP contribution in [0.25, 0.3) is 0 Å². The number of nitrogens with zero attached hydrogens (tertiary/aromatic N) is 5. The summed E-state index contributed by atoms with van der Waals surface area (Å²) in [5.41, 5.74) is 0.472. The van der Waals surface area contributed by atoms with Crippen LogP contribution >= 0.6 is 11.6 Å². The molecular formula is C24H21ClF3N5O2S. The summed E-state index contributed by atoms with van der Waals surface area (Å²) in [6, 6.07) is 11.6. The number of hydrogen-bond donors (Lipinski definition) is 0. The molecule has 1 aromatic heterocycles. The van der Waals surface area contributed by atoms with Gasteiger partial charge in [-0.3, -0.25) is 4.31 Å². The molecule has 0 unspecified atom stereocenters. The van der Waals surface area contributed by atoms with E-state index < -0.39 is 39.2 Å². The van der Waals surface area contributed by atoms with Crippen molar-refractivity contribution in [3.8, 4) is 0 Å². The Labute approximate surface area is 211 Å². The fraction of sp³-hybridized carbons (Fsp3) is 0.208. The minimum Gasteiger partial charge on any atom is -0.256 e. The number of benzene rings is 3. The van der Waals surface area contributed by atoms with E-state index in [1.807, 2.05) is 0 Å². The number of tetrazole rings is 1. The molecule has 0 aliphatic carbocycles. The molecule has 0 N–H and O–H groups in total. The van der Waals surface area contributed by atoms with Gasteiger partial charge >= 0.3 is 0 Å². The van der Waals surface area contributed by atoms with Crippen molar-refractivity contribution in [3.05, 3.63) is 101 Å². The van der Waals surface area contributed by atoms with Crippen LogP contribution < -0.4 is 4.31 Å². The number of aromatic nitrogens is 4. The fourth-order valence-electron chi connectivity index (χ4n) is 3.96. The first-order valence-corrected chi connectivity index (χ1v) is 12.7. The normalized spacial score (nSPS) is 12.5. The highest BCUT2D eigenvalue weighted by atomic mass is 35.5. The van der Waals surface area contributed by atoms with E-state index in [2.05, 4.69) is 15.4 Å². The molecule has 12 heteroatoms. The van der Waals surface area contributed by atoms with Crippen molar-refractivity contribution in [2.45, 2.75) is 37.2 Å². The Kier molecular flexibility index (Phi) is 7.60. The fourth-order valence-corrected chi connectivity index (χ4v) is 5.72. The summed E-state index contributed by atoms with van der Waals surface area (Å²) in [6.45, 7) is 1.93. The smallest absolute Gasteiger partial charge is 0.256 e. The van der Waals surface area contributed by atoms with Gasteiger partial charge in [0.15, 0.2) is 18.0 Å². The first-order chi connectivity index (χ1) is 17.2. The van der Waals surface area contributed by atoms with Crippen LogP contribution in [-0.2, 0) is 23.0 Å². The molecule has 4 aromatic rings. The molecule has 0 aliphatic rings. The minimum absolute atomic E-state index is 0.164. The lowest BCUT2D eigenvalue weighted by atomic mass is 9.97. The standard InChI is InChI=1S/C24H21ClF3N5O2S/c1-16(21-12-9-19(26)14-17(21)4-3-13-32-30-15-29-31-32)33(23-6-2-5-22(27)24(23)28)36(34,35)20-10-7-18(25)8-11-20/h2,5-12,14-16H,3-4,13H2,1H3/t16-/m1/s1. The molecule has 1 heterocycles. The predicted octanol–water partition coefficient (Wildman–Crippen LogP) is 5.33. The second-order valence-corrected chi connectivity index (χ2v) is 10.2. The van der Waals surface area contributed by atoms with E-state index in [4.69, 9.17) is 11.6 Å². The third-order valence-electron chi connectivity index (χ3n) is 5.64. The van der Waals surface area contributed by atoms with Gasteiger partial charge in [-0.25, -0.2) is 21.6 Å². The third-order valence-corrected chi connectivity index (χ3v) is 7.79. The summed E-state index contributed by atoms with van der Waals surface area (Å²) in [6.07, 6.45) is 2.14. The van der Waals surface area contributed by atoms with Gasteiger partial charge in [-0.15, -0.1) is 10.2 Å². The van der Waals surface area contributed by atoms with Crippen molar-refractivity contribution in [3.63, 3.8) is 0 Å². The highest BCUT2D eigenvalue weighted by Gasteiger charge is 2.34. The lowest BCUT2D eigenvalue weighted by Gasteiger charge is -2.32. The summed E-state index contributed by atoms with van der Waals surface area (Å²) >= 11 is 5.92. The van der Waals surface area contributed by atoms with Crippen LogP contribution in [-0.4, -0.2) is 28.6 Å². The maximum absolute atomic E-state index is 15.0. The quantitative estimate of drug-likeness (QED) is 0.289. The summed E-state index contributed by atoms with van der Waals surface area (Å²) in [5, 5.41) is 11.7. The van der Waals surface area contributed by atoms with Crippen molar-refractivity contribution in [2.24, 2.45) is 0 Å². The average Bonchev–Trinajstić information content (AvgIpc) is 3.36. The van der Waals surface area contributed by atoms with E-state index >= 15 is 0 Å². The molecule has 0 aliphatic heterocycles. The molecule has 3 aromatic carbocycles. The van der Waals surface area contributed by atoms with Gasteiger partial charge in [0.25, 0.3) is 10.0 Å². The van der Waals surface area contributed by atoms with Gasteiger partial charge in [0, 0.05) is 5.02 Å². The lowest BCUT2D eigenvalue weighted by molar-refractivity contribution is 0.497. The second kappa shape index (κ2) is 10.7. The molecule has 0 fully saturated rings. The number of aryl methyl sites for hydroxylation is 2. The third kappa shape index (κ3) is 5.36. The maximum atomic E-state index is 15.0. The lowest BCUT2D eigenvalue weighted by Crippen LogP contribution is -2.35. The zero-order chi connectivity index (χ0) is 25.9. The van der Waals surface area contributed by atoms with Crippen LogP contribution in [0.5, 0.6) is 0 Å². The SMILES string of the molecule is C[C@H](c1ccc(F)cc1CCCn1ncnn1)N(c1cccc(F)c1F)S(=O)(=O)c1ccc(Cl)cc1. The number of rotatable bonds is 9. The molecular weight excluding hydrogens is 515 g/mol. The van der Waals surface area contributed by atoms with Crippen LogP contribution in [0.15, 0.2) is 71.9 Å². The van der Waals surface area contributed by atoms with Gasteiger partial charge in [-0.2, -0.15) is 4.80 Å². The van der Waals surface area contributed by atoms with E-state index in [1.165, 1.54) is 72.6 Å². The van der Waals surface area contributed by atoms with E-state index in [9.17, 15) is 21.6 Å². The minimum atomic E-state index is -4.40. The van der Waals surface area contributed by atoms with Crippen LogP contribution in [0.4, 0.5) is 18.9 Å². The molecule has 0 amide bonds. The summed E-state index contributed by atoms with van der Waals surface area (Å²) in [4.78, 5) is 1.21. The topological polar surface area (TPSA) is 81.0 Å². The van der Waals surface area contributed by atoms with Crippen LogP contribution in [0.3, 0.4) is 0 Å². The summed E-state index contributed by atoms with van der Waals surface area (Å²) in [5.74, 6) is -3.03. The predicted molar refractivity (Wildman–Crippen MR) is 128 cm³/mol. The van der Waals surface area contributed by atoms with E-state index in [0.29, 0.717) is 35.5 Å². The number of sulfonamides is 1. The van der Waals surface area contributed by atoms with E-state index in [0.717, 1.165) is 10.4 Å². The Balaban J connectivity index is 1.78. The molecule has 36 heavy (non-hydrogen) atoms. The number of hydrogen-bond acceptors (Lipinski definition) is 5. The Morgan fingerprint density at radius 1 is 1.06 bits per heavy atom. The first kappa shape index (κ1) is 25.6. The van der Waals surface area contributed by atoms with Gasteiger partial charge in [0.2, 0.25) is 0 Å². The Hall–Kier alpha value is -3.44. The average molecular weight is 536 g/mol. The molecule has 0 saturated carbocycles. The molecule has 1 atom stereocenters. The van der Waals surface area contributed by atoms with Gasteiger partial charge < -0.3 is 0 Å². The van der Waals surface area contributed by atoms with E-state index in [-0.39, 0.29) is 4.90 Å². The van der Waals surface area contributed by atoms with Gasteiger partial charge in [0.05, 0.1) is 23.2 Å².